The van der Waals surface area contributed by atoms with Gasteiger partial charge in [0.15, 0.2) is 0 Å². The van der Waals surface area contributed by atoms with E-state index in [-0.39, 0.29) is 18.6 Å². The lowest BCUT2D eigenvalue weighted by Crippen LogP contribution is -2.42. The molecule has 0 radical (unpaired) electrons. The molecule has 0 spiro atoms. The van der Waals surface area contributed by atoms with Crippen LogP contribution >= 0.6 is 11.3 Å². The van der Waals surface area contributed by atoms with Crippen molar-refractivity contribution in [1.29, 1.82) is 0 Å². The molecule has 7 heteroatoms. The van der Waals surface area contributed by atoms with Crippen LogP contribution in [-0.4, -0.2) is 40.6 Å². The number of carboxylic acid groups (broad SMARTS) is 1. The predicted octanol–water partition coefficient (Wildman–Crippen LogP) is 2.26. The summed E-state index contributed by atoms with van der Waals surface area (Å²) in [6.45, 7) is 3.72. The van der Waals surface area contributed by atoms with E-state index in [2.05, 4.69) is 10.3 Å². The van der Waals surface area contributed by atoms with E-state index in [1.165, 1.54) is 4.90 Å². The molecule has 1 aliphatic carbocycles. The molecule has 1 aromatic rings. The first-order valence-corrected chi connectivity index (χ1v) is 7.93. The van der Waals surface area contributed by atoms with Gasteiger partial charge in [0.1, 0.15) is 5.01 Å². The monoisotopic (exact) mass is 311 g/mol. The number of carbonyl (C=O) groups excluding carboxylic acids is 1. The topological polar surface area (TPSA) is 82.5 Å². The Morgan fingerprint density at radius 2 is 2.24 bits per heavy atom. The average Bonchev–Trinajstić information content (AvgIpc) is 3.17. The standard InChI is InChI=1S/C14H21N3O3S/c1-8(13(18)19)6-17(3)14(20)16-11(10-4-5-10)12-15-9(2)7-21-12/h7-8,10-11H,4-6H2,1-3H3,(H,16,20)(H,18,19). The Kier molecular flexibility index (Phi) is 4.82. The van der Waals surface area contributed by atoms with Crippen molar-refractivity contribution in [3.63, 3.8) is 0 Å². The van der Waals surface area contributed by atoms with Gasteiger partial charge in [-0.3, -0.25) is 4.79 Å². The smallest absolute Gasteiger partial charge is 0.317 e. The number of carboxylic acids is 1. The van der Waals surface area contributed by atoms with Crippen LogP contribution in [0.15, 0.2) is 5.38 Å². The molecule has 1 heterocycles. The van der Waals surface area contributed by atoms with E-state index in [1.807, 2.05) is 12.3 Å². The highest BCUT2D eigenvalue weighted by atomic mass is 32.1. The number of amides is 2. The molecule has 2 unspecified atom stereocenters. The molecule has 0 aromatic carbocycles. The fourth-order valence-electron chi connectivity index (χ4n) is 2.14. The van der Waals surface area contributed by atoms with Crippen LogP contribution in [0.5, 0.6) is 0 Å². The number of hydrogen-bond donors (Lipinski definition) is 2. The Morgan fingerprint density at radius 3 is 2.71 bits per heavy atom. The molecule has 1 aliphatic rings. The molecular formula is C14H21N3O3S. The van der Waals surface area contributed by atoms with Gasteiger partial charge < -0.3 is 15.3 Å². The van der Waals surface area contributed by atoms with Crippen LogP contribution in [0.1, 0.15) is 36.5 Å². The number of aromatic nitrogens is 1. The van der Waals surface area contributed by atoms with Crippen molar-refractivity contribution < 1.29 is 14.7 Å². The maximum Gasteiger partial charge on any atom is 0.317 e. The van der Waals surface area contributed by atoms with Crippen molar-refractivity contribution in [2.45, 2.75) is 32.7 Å². The molecule has 0 saturated heterocycles. The van der Waals surface area contributed by atoms with Crippen LogP contribution in [-0.2, 0) is 4.79 Å². The molecule has 1 saturated carbocycles. The number of rotatable bonds is 6. The Labute approximate surface area is 128 Å². The van der Waals surface area contributed by atoms with Gasteiger partial charge >= 0.3 is 12.0 Å². The second-order valence-electron chi connectivity index (χ2n) is 5.71. The predicted molar refractivity (Wildman–Crippen MR) is 80.3 cm³/mol. The molecule has 2 atom stereocenters. The van der Waals surface area contributed by atoms with E-state index in [0.717, 1.165) is 23.5 Å². The van der Waals surface area contributed by atoms with Gasteiger partial charge in [-0.1, -0.05) is 6.92 Å². The van der Waals surface area contributed by atoms with E-state index in [0.29, 0.717) is 5.92 Å². The highest BCUT2D eigenvalue weighted by Crippen LogP contribution is 2.41. The van der Waals surface area contributed by atoms with Crippen LogP contribution in [0.2, 0.25) is 0 Å². The second kappa shape index (κ2) is 6.43. The third-order valence-corrected chi connectivity index (χ3v) is 4.64. The largest absolute Gasteiger partial charge is 0.481 e. The molecule has 2 N–H and O–H groups in total. The number of nitrogens with one attached hydrogen (secondary N) is 1. The van der Waals surface area contributed by atoms with Crippen molar-refractivity contribution >= 4 is 23.3 Å². The van der Waals surface area contributed by atoms with Crippen LogP contribution in [0.3, 0.4) is 0 Å². The minimum absolute atomic E-state index is 0.0567. The highest BCUT2D eigenvalue weighted by Gasteiger charge is 2.36. The van der Waals surface area contributed by atoms with Crippen molar-refractivity contribution in [2.75, 3.05) is 13.6 Å². The summed E-state index contributed by atoms with van der Waals surface area (Å²) < 4.78 is 0. The molecule has 116 valence electrons. The lowest BCUT2D eigenvalue weighted by atomic mass is 10.2. The molecule has 6 nitrogen and oxygen atoms in total. The maximum absolute atomic E-state index is 12.2. The van der Waals surface area contributed by atoms with Crippen LogP contribution < -0.4 is 5.32 Å². The summed E-state index contributed by atoms with van der Waals surface area (Å²) in [4.78, 5) is 29.0. The first kappa shape index (κ1) is 15.8. The molecule has 1 aromatic heterocycles. The van der Waals surface area contributed by atoms with E-state index in [1.54, 1.807) is 25.3 Å². The summed E-state index contributed by atoms with van der Waals surface area (Å²) in [6, 6.07) is -0.299. The van der Waals surface area contributed by atoms with Crippen molar-refractivity contribution in [3.8, 4) is 0 Å². The van der Waals surface area contributed by atoms with Crippen LogP contribution in [0, 0.1) is 18.8 Å². The third kappa shape index (κ3) is 4.17. The molecule has 0 aliphatic heterocycles. The number of thiazole rings is 1. The minimum Gasteiger partial charge on any atom is -0.481 e. The molecule has 21 heavy (non-hydrogen) atoms. The quantitative estimate of drug-likeness (QED) is 0.844. The Morgan fingerprint density at radius 1 is 1.57 bits per heavy atom. The summed E-state index contributed by atoms with van der Waals surface area (Å²) in [5.74, 6) is -1.03. The number of carbonyl (C=O) groups is 2. The Bertz CT molecular complexity index is 527. The second-order valence-corrected chi connectivity index (χ2v) is 6.60. The fraction of sp³-hybridized carbons (Fsp3) is 0.643. The van der Waals surface area contributed by atoms with Crippen LogP contribution in [0.25, 0.3) is 0 Å². The van der Waals surface area contributed by atoms with Crippen molar-refractivity contribution in [2.24, 2.45) is 11.8 Å². The van der Waals surface area contributed by atoms with Gasteiger partial charge in [0.2, 0.25) is 0 Å². The average molecular weight is 311 g/mol. The van der Waals surface area contributed by atoms with Gasteiger partial charge in [0, 0.05) is 24.7 Å². The van der Waals surface area contributed by atoms with Crippen LogP contribution in [0.4, 0.5) is 4.79 Å². The summed E-state index contributed by atoms with van der Waals surface area (Å²) in [6.07, 6.45) is 2.19. The van der Waals surface area contributed by atoms with Gasteiger partial charge in [-0.15, -0.1) is 11.3 Å². The summed E-state index contributed by atoms with van der Waals surface area (Å²) in [5, 5.41) is 14.8. The number of aliphatic carboxylic acids is 1. The lowest BCUT2D eigenvalue weighted by molar-refractivity contribution is -0.141. The van der Waals surface area contributed by atoms with Crippen molar-refractivity contribution in [1.82, 2.24) is 15.2 Å². The molecule has 1 fully saturated rings. The Hall–Kier alpha value is -1.63. The zero-order chi connectivity index (χ0) is 15.6. The fourth-order valence-corrected chi connectivity index (χ4v) is 3.08. The number of hydrogen-bond acceptors (Lipinski definition) is 4. The summed E-state index contributed by atoms with van der Waals surface area (Å²) in [7, 11) is 1.62. The van der Waals surface area contributed by atoms with Gasteiger partial charge in [-0.25, -0.2) is 9.78 Å². The first-order chi connectivity index (χ1) is 9.88. The summed E-state index contributed by atoms with van der Waals surface area (Å²) >= 11 is 1.56. The number of aryl methyl sites for hydroxylation is 1. The van der Waals surface area contributed by atoms with Gasteiger partial charge in [-0.2, -0.15) is 0 Å². The Balaban J connectivity index is 1.97. The van der Waals surface area contributed by atoms with Crippen molar-refractivity contribution in [3.05, 3.63) is 16.1 Å². The zero-order valence-electron chi connectivity index (χ0n) is 12.5. The zero-order valence-corrected chi connectivity index (χ0v) is 13.3. The number of urea groups is 1. The van der Waals surface area contributed by atoms with E-state index in [4.69, 9.17) is 5.11 Å². The summed E-state index contributed by atoms with van der Waals surface area (Å²) in [5.41, 5.74) is 0.961. The SMILES string of the molecule is Cc1csc(C(NC(=O)N(C)CC(C)C(=O)O)C2CC2)n1. The molecular weight excluding hydrogens is 290 g/mol. The van der Waals surface area contributed by atoms with Gasteiger partial charge in [-0.05, 0) is 25.7 Å². The molecule has 2 amide bonds. The minimum atomic E-state index is -0.899. The first-order valence-electron chi connectivity index (χ1n) is 7.05. The van der Waals surface area contributed by atoms with Gasteiger partial charge in [0.05, 0.1) is 12.0 Å². The molecule has 2 rings (SSSR count). The van der Waals surface area contributed by atoms with E-state index >= 15 is 0 Å². The van der Waals surface area contributed by atoms with E-state index < -0.39 is 11.9 Å². The lowest BCUT2D eigenvalue weighted by Gasteiger charge is -2.23. The highest BCUT2D eigenvalue weighted by molar-refractivity contribution is 7.09. The third-order valence-electron chi connectivity index (χ3n) is 3.59. The number of nitrogens with zero attached hydrogens (tertiary/aromatic N) is 2. The maximum atomic E-state index is 12.2. The normalized spacial score (nSPS) is 17.1. The molecule has 0 bridgehead atoms. The van der Waals surface area contributed by atoms with E-state index in [9.17, 15) is 9.59 Å². The van der Waals surface area contributed by atoms with Gasteiger partial charge in [0.25, 0.3) is 0 Å².